The Labute approximate surface area is 177 Å². The number of carbonyl (C=O) groups is 2. The Morgan fingerprint density at radius 1 is 0.903 bits per heavy atom. The van der Waals surface area contributed by atoms with E-state index >= 15 is 0 Å². The predicted octanol–water partition coefficient (Wildman–Crippen LogP) is 5.85. The third-order valence-corrected chi connectivity index (χ3v) is 5.19. The molecule has 1 amide bonds. The lowest BCUT2D eigenvalue weighted by Gasteiger charge is -2.11. The Bertz CT molecular complexity index is 1150. The molecule has 0 unspecified atom stereocenters. The minimum absolute atomic E-state index is 0.00699. The molecule has 10 heteroatoms. The minimum Gasteiger partial charge on any atom is -0.462 e. The van der Waals surface area contributed by atoms with Crippen molar-refractivity contribution in [3.8, 4) is 11.1 Å². The van der Waals surface area contributed by atoms with Crippen molar-refractivity contribution >= 4 is 28.2 Å². The van der Waals surface area contributed by atoms with Gasteiger partial charge in [-0.2, -0.15) is 0 Å². The number of rotatable bonds is 5. The van der Waals surface area contributed by atoms with Gasteiger partial charge in [-0.1, -0.05) is 29.8 Å². The van der Waals surface area contributed by atoms with Gasteiger partial charge in [0, 0.05) is 10.9 Å². The number of amides is 1. The van der Waals surface area contributed by atoms with Gasteiger partial charge < -0.3 is 10.1 Å². The van der Waals surface area contributed by atoms with Gasteiger partial charge >= 0.3 is 5.97 Å². The molecule has 1 aromatic heterocycles. The first-order valence-corrected chi connectivity index (χ1v) is 9.73. The van der Waals surface area contributed by atoms with Gasteiger partial charge in [0.15, 0.2) is 23.3 Å². The first-order valence-electron chi connectivity index (χ1n) is 8.85. The van der Waals surface area contributed by atoms with Gasteiger partial charge in [-0.15, -0.1) is 11.3 Å². The van der Waals surface area contributed by atoms with E-state index in [1.807, 2.05) is 6.92 Å². The van der Waals surface area contributed by atoms with E-state index in [-0.39, 0.29) is 17.2 Å². The van der Waals surface area contributed by atoms with Crippen LogP contribution in [-0.2, 0) is 4.74 Å². The second-order valence-electron chi connectivity index (χ2n) is 6.34. The first kappa shape index (κ1) is 22.4. The van der Waals surface area contributed by atoms with Crippen LogP contribution in [0, 0.1) is 36.0 Å². The van der Waals surface area contributed by atoms with Crippen LogP contribution in [0.2, 0.25) is 0 Å². The summed E-state index contributed by atoms with van der Waals surface area (Å²) in [6, 6.07) is 7.01. The van der Waals surface area contributed by atoms with Crippen molar-refractivity contribution in [3.05, 3.63) is 75.4 Å². The van der Waals surface area contributed by atoms with Gasteiger partial charge in [0.1, 0.15) is 16.1 Å². The second kappa shape index (κ2) is 8.84. The Morgan fingerprint density at radius 2 is 1.45 bits per heavy atom. The third-order valence-electron chi connectivity index (χ3n) is 4.30. The molecule has 3 rings (SSSR count). The lowest BCUT2D eigenvalue weighted by Crippen LogP contribution is -2.20. The summed E-state index contributed by atoms with van der Waals surface area (Å²) >= 11 is 0.836. The van der Waals surface area contributed by atoms with Crippen LogP contribution >= 0.6 is 11.3 Å². The molecule has 3 aromatic rings. The number of hydrogen-bond acceptors (Lipinski definition) is 4. The predicted molar refractivity (Wildman–Crippen MR) is 105 cm³/mol. The van der Waals surface area contributed by atoms with Crippen LogP contribution in [-0.4, -0.2) is 18.5 Å². The van der Waals surface area contributed by atoms with Gasteiger partial charge in [0.25, 0.3) is 5.91 Å². The molecule has 1 N–H and O–H groups in total. The molecular formula is C21H14F5NO3S. The summed E-state index contributed by atoms with van der Waals surface area (Å²) in [6.45, 7) is 3.43. The van der Waals surface area contributed by atoms with Gasteiger partial charge in [0.05, 0.1) is 6.61 Å². The number of esters is 1. The normalized spacial score (nSPS) is 10.8. The van der Waals surface area contributed by atoms with Crippen LogP contribution < -0.4 is 5.32 Å². The number of hydrogen-bond donors (Lipinski definition) is 1. The van der Waals surface area contributed by atoms with E-state index in [4.69, 9.17) is 4.74 Å². The first-order chi connectivity index (χ1) is 14.7. The number of halogens is 5. The molecule has 0 atom stereocenters. The van der Waals surface area contributed by atoms with Crippen molar-refractivity contribution in [2.24, 2.45) is 0 Å². The molecule has 0 aliphatic carbocycles. The molecule has 0 saturated heterocycles. The lowest BCUT2D eigenvalue weighted by atomic mass is 10.0. The monoisotopic (exact) mass is 455 g/mol. The summed E-state index contributed by atoms with van der Waals surface area (Å²) in [4.78, 5) is 24.9. The van der Waals surface area contributed by atoms with Crippen molar-refractivity contribution < 1.29 is 36.3 Å². The van der Waals surface area contributed by atoms with E-state index in [0.717, 1.165) is 16.9 Å². The molecule has 0 spiro atoms. The average Bonchev–Trinajstić information content (AvgIpc) is 3.15. The fourth-order valence-electron chi connectivity index (χ4n) is 2.77. The van der Waals surface area contributed by atoms with Crippen molar-refractivity contribution in [2.45, 2.75) is 13.8 Å². The van der Waals surface area contributed by atoms with Gasteiger partial charge in [-0.3, -0.25) is 4.79 Å². The number of nitrogens with one attached hydrogen (secondary N) is 1. The Morgan fingerprint density at radius 3 is 2.00 bits per heavy atom. The zero-order valence-electron chi connectivity index (χ0n) is 16.1. The SMILES string of the molecule is CCOC(=O)c1c(-c2ccc(C)cc2)csc1NC(=O)c1c(F)c(F)c(F)c(F)c1F. The molecule has 0 aliphatic rings. The third kappa shape index (κ3) is 4.15. The minimum atomic E-state index is -2.38. The van der Waals surface area contributed by atoms with E-state index in [9.17, 15) is 31.5 Å². The maximum Gasteiger partial charge on any atom is 0.341 e. The largest absolute Gasteiger partial charge is 0.462 e. The summed E-state index contributed by atoms with van der Waals surface area (Å²) in [6.07, 6.45) is 0. The van der Waals surface area contributed by atoms with E-state index in [1.54, 1.807) is 31.2 Å². The molecule has 0 bridgehead atoms. The number of ether oxygens (including phenoxy) is 1. The van der Waals surface area contributed by atoms with E-state index < -0.39 is 46.5 Å². The number of benzene rings is 2. The lowest BCUT2D eigenvalue weighted by molar-refractivity contribution is 0.0529. The van der Waals surface area contributed by atoms with Crippen molar-refractivity contribution in [1.29, 1.82) is 0 Å². The maximum absolute atomic E-state index is 14.0. The summed E-state index contributed by atoms with van der Waals surface area (Å²) in [5.41, 5.74) is 0.165. The highest BCUT2D eigenvalue weighted by Crippen LogP contribution is 2.37. The second-order valence-corrected chi connectivity index (χ2v) is 7.22. The molecule has 31 heavy (non-hydrogen) atoms. The maximum atomic E-state index is 14.0. The van der Waals surface area contributed by atoms with Crippen molar-refractivity contribution in [1.82, 2.24) is 0 Å². The van der Waals surface area contributed by atoms with Gasteiger partial charge in [-0.05, 0) is 19.4 Å². The van der Waals surface area contributed by atoms with E-state index in [2.05, 4.69) is 5.32 Å². The fraction of sp³-hybridized carbons (Fsp3) is 0.143. The summed E-state index contributed by atoms with van der Waals surface area (Å²) in [5, 5.41) is 3.41. The van der Waals surface area contributed by atoms with Crippen molar-refractivity contribution in [3.63, 3.8) is 0 Å². The fourth-order valence-corrected chi connectivity index (χ4v) is 3.72. The zero-order valence-corrected chi connectivity index (χ0v) is 16.9. The quantitative estimate of drug-likeness (QED) is 0.227. The Kier molecular flexibility index (Phi) is 6.40. The van der Waals surface area contributed by atoms with Crippen LogP contribution in [0.15, 0.2) is 29.6 Å². The summed E-state index contributed by atoms with van der Waals surface area (Å²) < 4.78 is 73.1. The van der Waals surface area contributed by atoms with Crippen LogP contribution in [0.1, 0.15) is 33.2 Å². The smallest absolute Gasteiger partial charge is 0.341 e. The highest BCUT2D eigenvalue weighted by Gasteiger charge is 2.31. The molecule has 0 fully saturated rings. The molecule has 2 aromatic carbocycles. The number of anilines is 1. The van der Waals surface area contributed by atoms with E-state index in [0.29, 0.717) is 11.1 Å². The zero-order chi connectivity index (χ0) is 22.9. The molecule has 0 saturated carbocycles. The Hall–Kier alpha value is -3.27. The summed E-state index contributed by atoms with van der Waals surface area (Å²) in [7, 11) is 0. The number of carbonyl (C=O) groups excluding carboxylic acids is 2. The Balaban J connectivity index is 2.07. The topological polar surface area (TPSA) is 55.4 Å². The van der Waals surface area contributed by atoms with E-state index in [1.165, 1.54) is 5.38 Å². The standard InChI is InChI=1S/C21H14F5NO3S/c1-3-30-21(29)12-11(10-6-4-9(2)5-7-10)8-31-20(12)27-19(28)13-14(22)16(24)18(26)17(25)15(13)23/h4-8H,3H2,1-2H3,(H,27,28). The van der Waals surface area contributed by atoms with Gasteiger partial charge in [0.2, 0.25) is 5.82 Å². The molecule has 4 nitrogen and oxygen atoms in total. The molecule has 162 valence electrons. The molecular weight excluding hydrogens is 441 g/mol. The van der Waals surface area contributed by atoms with Crippen LogP contribution in [0.4, 0.5) is 27.0 Å². The van der Waals surface area contributed by atoms with Crippen LogP contribution in [0.3, 0.4) is 0 Å². The molecule has 0 radical (unpaired) electrons. The molecule has 0 aliphatic heterocycles. The highest BCUT2D eigenvalue weighted by atomic mass is 32.1. The number of aryl methyl sites for hydroxylation is 1. The van der Waals surface area contributed by atoms with Crippen LogP contribution in [0.5, 0.6) is 0 Å². The summed E-state index contributed by atoms with van der Waals surface area (Å²) in [5.74, 6) is -13.9. The van der Waals surface area contributed by atoms with Gasteiger partial charge in [-0.25, -0.2) is 26.7 Å². The highest BCUT2D eigenvalue weighted by molar-refractivity contribution is 7.15. The van der Waals surface area contributed by atoms with Crippen LogP contribution in [0.25, 0.3) is 11.1 Å². The van der Waals surface area contributed by atoms with Crippen molar-refractivity contribution in [2.75, 3.05) is 11.9 Å². The average molecular weight is 455 g/mol. The molecule has 1 heterocycles. The number of thiophene rings is 1.